The molecule has 0 radical (unpaired) electrons. The fourth-order valence-corrected chi connectivity index (χ4v) is 5.33. The number of imidazole rings is 1. The lowest BCUT2D eigenvalue weighted by molar-refractivity contribution is -0.121. The van der Waals surface area contributed by atoms with E-state index in [1.807, 2.05) is 47.0 Å². The number of carbonyl (C=O) groups is 1. The van der Waals surface area contributed by atoms with Gasteiger partial charge in [-0.1, -0.05) is 72.3 Å². The molecule has 0 aliphatic carbocycles. The van der Waals surface area contributed by atoms with E-state index in [4.69, 9.17) is 21.1 Å². The Morgan fingerprint density at radius 1 is 0.850 bits per heavy atom. The van der Waals surface area contributed by atoms with Crippen molar-refractivity contribution in [1.29, 1.82) is 0 Å². The molecule has 7 heteroatoms. The fourth-order valence-electron chi connectivity index (χ4n) is 5.17. The Kier molecular flexibility index (Phi) is 8.67. The van der Waals surface area contributed by atoms with Gasteiger partial charge < -0.3 is 19.2 Å². The Morgan fingerprint density at radius 2 is 1.48 bits per heavy atom. The molecule has 6 nitrogen and oxygen atoms in total. The summed E-state index contributed by atoms with van der Waals surface area (Å²) < 4.78 is 13.0. The standard InChI is InChI=1S/C33H32ClN3O3/c1-39-27-17-25(18-28(19-27)40-2)30(31-21-36-32-14-13-26(34)22-37(31)32)20-33(38)35-16-15-29(23-9-5-3-6-10-23)24-11-7-4-8-12-24/h3-14,17-19,21-22,29-30H,15-16,20H2,1-2H3,(H,35,38)/t30-/m1/s1. The summed E-state index contributed by atoms with van der Waals surface area (Å²) in [5, 5.41) is 3.76. The molecule has 204 valence electrons. The average molecular weight is 554 g/mol. The number of methoxy groups -OCH3 is 2. The van der Waals surface area contributed by atoms with Crippen LogP contribution in [0.2, 0.25) is 5.02 Å². The van der Waals surface area contributed by atoms with Crippen LogP contribution in [-0.4, -0.2) is 36.1 Å². The van der Waals surface area contributed by atoms with E-state index in [1.54, 1.807) is 26.5 Å². The first-order valence-corrected chi connectivity index (χ1v) is 13.7. The van der Waals surface area contributed by atoms with Gasteiger partial charge in [0.1, 0.15) is 17.1 Å². The van der Waals surface area contributed by atoms with Gasteiger partial charge in [0.15, 0.2) is 0 Å². The third-order valence-electron chi connectivity index (χ3n) is 7.18. The normalized spacial score (nSPS) is 11.9. The number of hydrogen-bond acceptors (Lipinski definition) is 4. The summed E-state index contributed by atoms with van der Waals surface area (Å²) in [7, 11) is 3.23. The average Bonchev–Trinajstić information content (AvgIpc) is 3.41. The molecule has 1 amide bonds. The van der Waals surface area contributed by atoms with Gasteiger partial charge in [-0.2, -0.15) is 0 Å². The van der Waals surface area contributed by atoms with E-state index in [0.29, 0.717) is 23.1 Å². The van der Waals surface area contributed by atoms with Crippen molar-refractivity contribution in [3.05, 3.63) is 131 Å². The van der Waals surface area contributed by atoms with Gasteiger partial charge in [-0.25, -0.2) is 4.98 Å². The predicted molar refractivity (Wildman–Crippen MR) is 159 cm³/mol. The van der Waals surface area contributed by atoms with Crippen LogP contribution in [0.15, 0.2) is 103 Å². The number of benzene rings is 3. The molecule has 3 aromatic carbocycles. The summed E-state index contributed by atoms with van der Waals surface area (Å²) in [6.45, 7) is 0.542. The van der Waals surface area contributed by atoms with Gasteiger partial charge in [-0.05, 0) is 47.4 Å². The van der Waals surface area contributed by atoms with E-state index in [-0.39, 0.29) is 24.2 Å². The summed E-state index contributed by atoms with van der Waals surface area (Å²) in [5.74, 6) is 1.13. The van der Waals surface area contributed by atoms with E-state index < -0.39 is 0 Å². The second-order valence-electron chi connectivity index (χ2n) is 9.67. The monoisotopic (exact) mass is 553 g/mol. The molecule has 0 spiro atoms. The maximum Gasteiger partial charge on any atom is 0.221 e. The topological polar surface area (TPSA) is 64.9 Å². The number of rotatable bonds is 11. The minimum atomic E-state index is -0.309. The van der Waals surface area contributed by atoms with Crippen LogP contribution in [0.4, 0.5) is 0 Å². The Balaban J connectivity index is 1.39. The van der Waals surface area contributed by atoms with E-state index in [0.717, 1.165) is 23.3 Å². The number of pyridine rings is 1. The van der Waals surface area contributed by atoms with Crippen LogP contribution in [-0.2, 0) is 4.79 Å². The van der Waals surface area contributed by atoms with Crippen molar-refractivity contribution in [2.75, 3.05) is 20.8 Å². The lowest BCUT2D eigenvalue weighted by Crippen LogP contribution is -2.28. The maximum absolute atomic E-state index is 13.5. The van der Waals surface area contributed by atoms with Crippen molar-refractivity contribution < 1.29 is 14.3 Å². The molecule has 2 heterocycles. The fraction of sp³-hybridized carbons (Fsp3) is 0.212. The van der Waals surface area contributed by atoms with E-state index >= 15 is 0 Å². The number of halogens is 1. The van der Waals surface area contributed by atoms with Gasteiger partial charge in [0, 0.05) is 43.3 Å². The molecule has 0 saturated heterocycles. The summed E-state index contributed by atoms with van der Waals surface area (Å²) in [6.07, 6.45) is 4.63. The highest BCUT2D eigenvalue weighted by atomic mass is 35.5. The summed E-state index contributed by atoms with van der Waals surface area (Å²) in [4.78, 5) is 18.0. The van der Waals surface area contributed by atoms with Crippen molar-refractivity contribution in [1.82, 2.24) is 14.7 Å². The van der Waals surface area contributed by atoms with Crippen molar-refractivity contribution in [3.63, 3.8) is 0 Å². The quantitative estimate of drug-likeness (QED) is 0.194. The van der Waals surface area contributed by atoms with Crippen LogP contribution in [0, 0.1) is 0 Å². The van der Waals surface area contributed by atoms with Crippen molar-refractivity contribution >= 4 is 23.2 Å². The Hall–Kier alpha value is -4.29. The highest BCUT2D eigenvalue weighted by molar-refractivity contribution is 6.30. The summed E-state index contributed by atoms with van der Waals surface area (Å²) in [5.41, 5.74) is 4.96. The van der Waals surface area contributed by atoms with Crippen LogP contribution >= 0.6 is 11.6 Å². The molecule has 40 heavy (non-hydrogen) atoms. The van der Waals surface area contributed by atoms with Crippen molar-refractivity contribution in [2.45, 2.75) is 24.7 Å². The van der Waals surface area contributed by atoms with Gasteiger partial charge in [0.05, 0.1) is 24.9 Å². The number of aromatic nitrogens is 2. The lowest BCUT2D eigenvalue weighted by Gasteiger charge is -2.21. The number of ether oxygens (including phenoxy) is 2. The zero-order chi connectivity index (χ0) is 27.9. The van der Waals surface area contributed by atoms with E-state index in [1.165, 1.54) is 11.1 Å². The zero-order valence-electron chi connectivity index (χ0n) is 22.6. The van der Waals surface area contributed by atoms with Gasteiger partial charge in [-0.15, -0.1) is 0 Å². The molecule has 1 N–H and O–H groups in total. The van der Waals surface area contributed by atoms with E-state index in [9.17, 15) is 4.79 Å². The van der Waals surface area contributed by atoms with Crippen molar-refractivity contribution in [3.8, 4) is 11.5 Å². The number of hydrogen-bond donors (Lipinski definition) is 1. The summed E-state index contributed by atoms with van der Waals surface area (Å²) >= 11 is 6.33. The number of fused-ring (bicyclic) bond motifs is 1. The smallest absolute Gasteiger partial charge is 0.221 e. The molecule has 0 aliphatic rings. The number of nitrogens with one attached hydrogen (secondary N) is 1. The predicted octanol–water partition coefficient (Wildman–Crippen LogP) is 6.87. The number of carbonyl (C=O) groups excluding carboxylic acids is 1. The largest absolute Gasteiger partial charge is 0.497 e. The lowest BCUT2D eigenvalue weighted by atomic mass is 9.88. The van der Waals surface area contributed by atoms with Crippen LogP contribution in [0.1, 0.15) is 47.1 Å². The molecule has 0 saturated carbocycles. The zero-order valence-corrected chi connectivity index (χ0v) is 23.3. The summed E-state index contributed by atoms with van der Waals surface area (Å²) in [6, 6.07) is 30.2. The maximum atomic E-state index is 13.5. The molecule has 0 bridgehead atoms. The molecule has 1 atom stereocenters. The van der Waals surface area contributed by atoms with Gasteiger partial charge in [0.2, 0.25) is 5.91 Å². The molecule has 0 aliphatic heterocycles. The van der Waals surface area contributed by atoms with Crippen LogP contribution in [0.3, 0.4) is 0 Å². The number of nitrogens with zero attached hydrogens (tertiary/aromatic N) is 2. The second kappa shape index (κ2) is 12.7. The van der Waals surface area contributed by atoms with Crippen LogP contribution in [0.25, 0.3) is 5.65 Å². The van der Waals surface area contributed by atoms with Gasteiger partial charge >= 0.3 is 0 Å². The Bertz CT molecular complexity index is 1510. The van der Waals surface area contributed by atoms with Gasteiger partial charge in [0.25, 0.3) is 0 Å². The molecule has 5 rings (SSSR count). The highest BCUT2D eigenvalue weighted by Gasteiger charge is 2.24. The first-order chi connectivity index (χ1) is 19.6. The first kappa shape index (κ1) is 27.3. The van der Waals surface area contributed by atoms with Crippen molar-refractivity contribution in [2.24, 2.45) is 0 Å². The van der Waals surface area contributed by atoms with Crippen LogP contribution < -0.4 is 14.8 Å². The minimum absolute atomic E-state index is 0.0522. The number of amides is 1. The molecular weight excluding hydrogens is 522 g/mol. The minimum Gasteiger partial charge on any atom is -0.497 e. The molecule has 0 unspecified atom stereocenters. The molecule has 2 aromatic heterocycles. The SMILES string of the molecule is COc1cc(OC)cc([C@@H](CC(=O)NCCC(c2ccccc2)c2ccccc2)c2cnc3ccc(Cl)cn23)c1. The first-order valence-electron chi connectivity index (χ1n) is 13.3. The van der Waals surface area contributed by atoms with Gasteiger partial charge in [-0.3, -0.25) is 4.79 Å². The Morgan fingerprint density at radius 3 is 2.08 bits per heavy atom. The third kappa shape index (κ3) is 6.29. The second-order valence-corrected chi connectivity index (χ2v) is 10.1. The van der Waals surface area contributed by atoms with E-state index in [2.05, 4.69) is 58.8 Å². The molecular formula is C33H32ClN3O3. The highest BCUT2D eigenvalue weighted by Crippen LogP contribution is 2.34. The Labute approximate surface area is 239 Å². The molecule has 0 fully saturated rings. The van der Waals surface area contributed by atoms with Crippen LogP contribution in [0.5, 0.6) is 11.5 Å². The third-order valence-corrected chi connectivity index (χ3v) is 7.40. The molecule has 5 aromatic rings.